The average Bonchev–Trinajstić information content (AvgIpc) is 2.67. The summed E-state index contributed by atoms with van der Waals surface area (Å²) >= 11 is 6.04. The SMILES string of the molecule is CCC(=O)c1cccc(S(=O)(=O)N2CCN(c3cccc(Cl)c3)CC2)c1. The number of benzene rings is 2. The molecule has 0 aliphatic carbocycles. The molecule has 26 heavy (non-hydrogen) atoms. The van der Waals surface area contributed by atoms with Crippen LogP contribution in [0.4, 0.5) is 5.69 Å². The Bertz CT molecular complexity index is 907. The number of ketones is 1. The molecule has 2 aromatic carbocycles. The van der Waals surface area contributed by atoms with Crippen molar-refractivity contribution in [2.24, 2.45) is 0 Å². The molecular weight excluding hydrogens is 372 g/mol. The second kappa shape index (κ2) is 7.78. The maximum absolute atomic E-state index is 12.9. The van der Waals surface area contributed by atoms with Crippen molar-refractivity contribution in [3.05, 3.63) is 59.1 Å². The highest BCUT2D eigenvalue weighted by molar-refractivity contribution is 7.89. The number of halogens is 1. The Hall–Kier alpha value is -1.89. The average molecular weight is 393 g/mol. The highest BCUT2D eigenvalue weighted by Crippen LogP contribution is 2.24. The topological polar surface area (TPSA) is 57.7 Å². The van der Waals surface area contributed by atoms with Gasteiger partial charge in [0.05, 0.1) is 4.90 Å². The van der Waals surface area contributed by atoms with Crippen molar-refractivity contribution < 1.29 is 13.2 Å². The van der Waals surface area contributed by atoms with E-state index in [1.807, 2.05) is 24.3 Å². The van der Waals surface area contributed by atoms with E-state index >= 15 is 0 Å². The summed E-state index contributed by atoms with van der Waals surface area (Å²) in [5.74, 6) is -0.0622. The van der Waals surface area contributed by atoms with Crippen LogP contribution < -0.4 is 4.90 Å². The molecule has 0 bridgehead atoms. The lowest BCUT2D eigenvalue weighted by molar-refractivity contribution is 0.0988. The number of sulfonamides is 1. The van der Waals surface area contributed by atoms with E-state index in [-0.39, 0.29) is 10.7 Å². The lowest BCUT2D eigenvalue weighted by atomic mass is 10.1. The van der Waals surface area contributed by atoms with E-state index in [1.54, 1.807) is 25.1 Å². The van der Waals surface area contributed by atoms with Crippen molar-refractivity contribution >= 4 is 33.1 Å². The van der Waals surface area contributed by atoms with E-state index in [9.17, 15) is 13.2 Å². The van der Waals surface area contributed by atoms with Gasteiger partial charge in [-0.1, -0.05) is 36.7 Å². The number of hydrogen-bond acceptors (Lipinski definition) is 4. The van der Waals surface area contributed by atoms with Gasteiger partial charge >= 0.3 is 0 Å². The fraction of sp³-hybridized carbons (Fsp3) is 0.316. The third-order valence-corrected chi connectivity index (χ3v) is 6.66. The van der Waals surface area contributed by atoms with Crippen molar-refractivity contribution in [2.45, 2.75) is 18.2 Å². The maximum atomic E-state index is 12.9. The van der Waals surface area contributed by atoms with Gasteiger partial charge in [0.15, 0.2) is 5.78 Å². The van der Waals surface area contributed by atoms with Gasteiger partial charge in [0.2, 0.25) is 10.0 Å². The predicted octanol–water partition coefficient (Wildman–Crippen LogP) is 3.44. The molecule has 5 nitrogen and oxygen atoms in total. The van der Waals surface area contributed by atoms with Gasteiger partial charge in [-0.05, 0) is 30.3 Å². The first-order valence-electron chi connectivity index (χ1n) is 8.56. The summed E-state index contributed by atoms with van der Waals surface area (Å²) in [6.45, 7) is 3.72. The number of rotatable bonds is 5. The molecule has 0 spiro atoms. The highest BCUT2D eigenvalue weighted by atomic mass is 35.5. The van der Waals surface area contributed by atoms with Crippen LogP contribution in [0.2, 0.25) is 5.02 Å². The molecular formula is C19H21ClN2O3S. The van der Waals surface area contributed by atoms with Crippen molar-refractivity contribution in [3.8, 4) is 0 Å². The molecule has 0 aromatic heterocycles. The maximum Gasteiger partial charge on any atom is 0.243 e. The van der Waals surface area contributed by atoms with Gasteiger partial charge in [-0.2, -0.15) is 4.31 Å². The number of carbonyl (C=O) groups is 1. The largest absolute Gasteiger partial charge is 0.369 e. The Labute approximate surface area is 159 Å². The molecule has 1 aliphatic heterocycles. The monoisotopic (exact) mass is 392 g/mol. The lowest BCUT2D eigenvalue weighted by Crippen LogP contribution is -2.48. The summed E-state index contributed by atoms with van der Waals surface area (Å²) in [4.78, 5) is 14.2. The van der Waals surface area contributed by atoms with E-state index in [2.05, 4.69) is 4.90 Å². The van der Waals surface area contributed by atoms with E-state index in [0.29, 0.717) is 43.2 Å². The molecule has 138 valence electrons. The Morgan fingerprint density at radius 3 is 2.38 bits per heavy atom. The van der Waals surface area contributed by atoms with Crippen molar-refractivity contribution in [3.63, 3.8) is 0 Å². The number of anilines is 1. The van der Waals surface area contributed by atoms with Gasteiger partial charge in [0, 0.05) is 48.9 Å². The van der Waals surface area contributed by atoms with E-state index in [4.69, 9.17) is 11.6 Å². The standard InChI is InChI=1S/C19H21ClN2O3S/c1-2-19(23)15-5-3-8-18(13-15)26(24,25)22-11-9-21(10-12-22)17-7-4-6-16(20)14-17/h3-8,13-14H,2,9-12H2,1H3. The van der Waals surface area contributed by atoms with Crippen molar-refractivity contribution in [1.29, 1.82) is 0 Å². The minimum Gasteiger partial charge on any atom is -0.369 e. The van der Waals surface area contributed by atoms with E-state index < -0.39 is 10.0 Å². The molecule has 0 N–H and O–H groups in total. The van der Waals surface area contributed by atoms with Gasteiger partial charge in [-0.15, -0.1) is 0 Å². The van der Waals surface area contributed by atoms with Crippen LogP contribution in [0.15, 0.2) is 53.4 Å². The van der Waals surface area contributed by atoms with Crippen LogP contribution in [0.1, 0.15) is 23.7 Å². The Balaban J connectivity index is 1.75. The van der Waals surface area contributed by atoms with E-state index in [1.165, 1.54) is 10.4 Å². The van der Waals surface area contributed by atoms with Crippen LogP contribution in [0.5, 0.6) is 0 Å². The number of nitrogens with zero attached hydrogens (tertiary/aromatic N) is 2. The molecule has 0 saturated carbocycles. The summed E-state index contributed by atoms with van der Waals surface area (Å²) in [5, 5.41) is 0.662. The van der Waals surface area contributed by atoms with Crippen LogP contribution in [0.3, 0.4) is 0 Å². The van der Waals surface area contributed by atoms with Crippen LogP contribution in [0, 0.1) is 0 Å². The van der Waals surface area contributed by atoms with Gasteiger partial charge < -0.3 is 4.90 Å². The second-order valence-corrected chi connectivity index (χ2v) is 8.55. The van der Waals surface area contributed by atoms with Crippen molar-refractivity contribution in [2.75, 3.05) is 31.1 Å². The molecule has 0 atom stereocenters. The Kier molecular flexibility index (Phi) is 5.65. The zero-order chi connectivity index (χ0) is 18.7. The normalized spacial score (nSPS) is 15.8. The zero-order valence-corrected chi connectivity index (χ0v) is 16.1. The quantitative estimate of drug-likeness (QED) is 0.731. The first-order chi connectivity index (χ1) is 12.4. The van der Waals surface area contributed by atoms with Crippen molar-refractivity contribution in [1.82, 2.24) is 4.31 Å². The van der Waals surface area contributed by atoms with E-state index in [0.717, 1.165) is 5.69 Å². The molecule has 2 aromatic rings. The van der Waals surface area contributed by atoms with Gasteiger partial charge in [0.1, 0.15) is 0 Å². The first kappa shape index (κ1) is 18.9. The fourth-order valence-corrected chi connectivity index (χ4v) is 4.70. The molecule has 0 unspecified atom stereocenters. The number of hydrogen-bond donors (Lipinski definition) is 0. The Morgan fingerprint density at radius 1 is 1.04 bits per heavy atom. The third kappa shape index (κ3) is 3.92. The lowest BCUT2D eigenvalue weighted by Gasteiger charge is -2.35. The number of piperazine rings is 1. The Morgan fingerprint density at radius 2 is 1.73 bits per heavy atom. The first-order valence-corrected chi connectivity index (χ1v) is 10.4. The molecule has 0 amide bonds. The smallest absolute Gasteiger partial charge is 0.243 e. The highest BCUT2D eigenvalue weighted by Gasteiger charge is 2.29. The van der Waals surface area contributed by atoms with Crippen LogP contribution in [0.25, 0.3) is 0 Å². The van der Waals surface area contributed by atoms with Crippen LogP contribution >= 0.6 is 11.6 Å². The number of carbonyl (C=O) groups excluding carboxylic acids is 1. The van der Waals surface area contributed by atoms with Crippen LogP contribution in [-0.2, 0) is 10.0 Å². The van der Waals surface area contributed by atoms with Gasteiger partial charge in [0.25, 0.3) is 0 Å². The molecule has 1 saturated heterocycles. The van der Waals surface area contributed by atoms with Gasteiger partial charge in [-0.25, -0.2) is 8.42 Å². The minimum absolute atomic E-state index is 0.0622. The second-order valence-electron chi connectivity index (χ2n) is 6.18. The molecule has 1 heterocycles. The summed E-state index contributed by atoms with van der Waals surface area (Å²) in [6, 6.07) is 13.9. The molecule has 7 heteroatoms. The molecule has 0 radical (unpaired) electrons. The zero-order valence-electron chi connectivity index (χ0n) is 14.6. The van der Waals surface area contributed by atoms with Gasteiger partial charge in [-0.3, -0.25) is 4.79 Å². The molecule has 1 aliphatic rings. The minimum atomic E-state index is -3.61. The number of Topliss-reactive ketones (excluding diaryl/α,β-unsaturated/α-hetero) is 1. The summed E-state index contributed by atoms with van der Waals surface area (Å²) in [7, 11) is -3.61. The fourth-order valence-electron chi connectivity index (χ4n) is 3.04. The van der Waals surface area contributed by atoms with Crippen LogP contribution in [-0.4, -0.2) is 44.7 Å². The summed E-state index contributed by atoms with van der Waals surface area (Å²) in [5.41, 5.74) is 1.43. The molecule has 1 fully saturated rings. The summed E-state index contributed by atoms with van der Waals surface area (Å²) in [6.07, 6.45) is 0.349. The predicted molar refractivity (Wildman–Crippen MR) is 103 cm³/mol. The molecule has 3 rings (SSSR count). The third-order valence-electron chi connectivity index (χ3n) is 4.53. The summed E-state index contributed by atoms with van der Waals surface area (Å²) < 4.78 is 27.3.